The van der Waals surface area contributed by atoms with Crippen molar-refractivity contribution < 1.29 is 4.74 Å². The minimum atomic E-state index is 0.554. The second-order valence-electron chi connectivity index (χ2n) is 3.54. The molecule has 0 aromatic rings. The largest absolute Gasteiger partial charge is 0.378 e. The van der Waals surface area contributed by atoms with Crippen molar-refractivity contribution in [2.45, 2.75) is 31.8 Å². The molecule has 2 aliphatic carbocycles. The smallest absolute Gasteiger partial charge is 0.0577 e. The van der Waals surface area contributed by atoms with Crippen molar-refractivity contribution in [2.75, 3.05) is 6.61 Å². The highest BCUT2D eigenvalue weighted by molar-refractivity contribution is 6.32. The SMILES string of the molecule is ClC1=C[CH]CC=C1CCOC1CC1. The summed E-state index contributed by atoms with van der Waals surface area (Å²) < 4.78 is 5.57. The van der Waals surface area contributed by atoms with Crippen LogP contribution in [-0.2, 0) is 4.74 Å². The second kappa shape index (κ2) is 4.30. The molecule has 0 unspecified atom stereocenters. The van der Waals surface area contributed by atoms with E-state index in [2.05, 4.69) is 12.5 Å². The van der Waals surface area contributed by atoms with Crippen LogP contribution < -0.4 is 0 Å². The minimum Gasteiger partial charge on any atom is -0.378 e. The number of halogens is 1. The molecule has 0 saturated heterocycles. The van der Waals surface area contributed by atoms with Crippen LogP contribution in [-0.4, -0.2) is 12.7 Å². The van der Waals surface area contributed by atoms with Crippen LogP contribution in [0.25, 0.3) is 0 Å². The van der Waals surface area contributed by atoms with Crippen molar-refractivity contribution in [3.05, 3.63) is 29.2 Å². The zero-order chi connectivity index (χ0) is 9.10. The third kappa shape index (κ3) is 2.85. The average Bonchev–Trinajstić information content (AvgIpc) is 2.92. The molecule has 0 aromatic heterocycles. The van der Waals surface area contributed by atoms with E-state index in [9.17, 15) is 0 Å². The standard InChI is InChI=1S/C11H14ClO/c12-11-4-2-1-3-9(11)7-8-13-10-5-6-10/h2-4,10H,1,5-8H2. The van der Waals surface area contributed by atoms with E-state index in [1.54, 1.807) is 0 Å². The monoisotopic (exact) mass is 197 g/mol. The van der Waals surface area contributed by atoms with Crippen LogP contribution in [0.3, 0.4) is 0 Å². The fourth-order valence-electron chi connectivity index (χ4n) is 1.38. The summed E-state index contributed by atoms with van der Waals surface area (Å²) in [6.45, 7) is 0.820. The molecule has 0 atom stereocenters. The normalized spacial score (nSPS) is 22.5. The fourth-order valence-corrected chi connectivity index (χ4v) is 1.64. The van der Waals surface area contributed by atoms with E-state index in [0.29, 0.717) is 6.10 Å². The third-order valence-electron chi connectivity index (χ3n) is 2.32. The van der Waals surface area contributed by atoms with Gasteiger partial charge < -0.3 is 4.74 Å². The Bertz CT molecular complexity index is 238. The van der Waals surface area contributed by atoms with E-state index in [1.807, 2.05) is 6.08 Å². The summed E-state index contributed by atoms with van der Waals surface area (Å²) in [5.41, 5.74) is 1.24. The van der Waals surface area contributed by atoms with Crippen molar-refractivity contribution >= 4 is 11.6 Å². The van der Waals surface area contributed by atoms with Gasteiger partial charge in [0, 0.05) is 5.03 Å². The molecule has 2 aliphatic rings. The molecule has 0 N–H and O–H groups in total. The lowest BCUT2D eigenvalue weighted by atomic mass is 10.0. The zero-order valence-electron chi connectivity index (χ0n) is 7.63. The Hall–Kier alpha value is -0.270. The van der Waals surface area contributed by atoms with Crippen LogP contribution in [0.5, 0.6) is 0 Å². The van der Waals surface area contributed by atoms with Crippen molar-refractivity contribution in [1.29, 1.82) is 0 Å². The van der Waals surface area contributed by atoms with Gasteiger partial charge in [0.1, 0.15) is 0 Å². The van der Waals surface area contributed by atoms with Crippen LogP contribution >= 0.6 is 11.6 Å². The minimum absolute atomic E-state index is 0.554. The van der Waals surface area contributed by atoms with Crippen molar-refractivity contribution in [3.63, 3.8) is 0 Å². The Morgan fingerprint density at radius 2 is 2.31 bits per heavy atom. The van der Waals surface area contributed by atoms with Gasteiger partial charge in [-0.1, -0.05) is 23.8 Å². The molecular formula is C11H14ClO. The highest BCUT2D eigenvalue weighted by Crippen LogP contribution is 2.27. The molecule has 0 aromatic carbocycles. The van der Waals surface area contributed by atoms with Gasteiger partial charge in [-0.3, -0.25) is 0 Å². The van der Waals surface area contributed by atoms with E-state index in [0.717, 1.165) is 24.5 Å². The first-order chi connectivity index (χ1) is 6.36. The van der Waals surface area contributed by atoms with Gasteiger partial charge >= 0.3 is 0 Å². The topological polar surface area (TPSA) is 9.23 Å². The van der Waals surface area contributed by atoms with Gasteiger partial charge in [-0.05, 0) is 37.7 Å². The first-order valence-electron chi connectivity index (χ1n) is 4.86. The Kier molecular flexibility index (Phi) is 3.07. The van der Waals surface area contributed by atoms with Crippen LogP contribution in [0, 0.1) is 6.42 Å². The highest BCUT2D eigenvalue weighted by atomic mass is 35.5. The zero-order valence-corrected chi connectivity index (χ0v) is 8.39. The number of allylic oxidation sites excluding steroid dienone is 3. The van der Waals surface area contributed by atoms with Gasteiger partial charge in [-0.25, -0.2) is 0 Å². The molecule has 0 heterocycles. The van der Waals surface area contributed by atoms with Crippen molar-refractivity contribution in [3.8, 4) is 0 Å². The molecule has 0 bridgehead atoms. The van der Waals surface area contributed by atoms with Crippen molar-refractivity contribution in [2.24, 2.45) is 0 Å². The first kappa shape index (κ1) is 9.29. The number of rotatable bonds is 4. The van der Waals surface area contributed by atoms with E-state index in [-0.39, 0.29) is 0 Å². The summed E-state index contributed by atoms with van der Waals surface area (Å²) in [4.78, 5) is 0. The van der Waals surface area contributed by atoms with Crippen LogP contribution in [0.4, 0.5) is 0 Å². The maximum absolute atomic E-state index is 6.02. The van der Waals surface area contributed by atoms with Gasteiger partial charge in [-0.2, -0.15) is 0 Å². The van der Waals surface area contributed by atoms with E-state index in [4.69, 9.17) is 16.3 Å². The lowest BCUT2D eigenvalue weighted by molar-refractivity contribution is 0.123. The Balaban J connectivity index is 1.72. The van der Waals surface area contributed by atoms with Gasteiger partial charge in [0.15, 0.2) is 0 Å². The lowest BCUT2D eigenvalue weighted by Gasteiger charge is -2.10. The fraction of sp³-hybridized carbons (Fsp3) is 0.545. The van der Waals surface area contributed by atoms with Gasteiger partial charge in [0.05, 0.1) is 12.7 Å². The maximum atomic E-state index is 6.02. The van der Waals surface area contributed by atoms with E-state index >= 15 is 0 Å². The molecule has 2 rings (SSSR count). The predicted molar refractivity (Wildman–Crippen MR) is 54.5 cm³/mol. The van der Waals surface area contributed by atoms with Crippen LogP contribution in [0.15, 0.2) is 22.8 Å². The Morgan fingerprint density at radius 1 is 1.46 bits per heavy atom. The summed E-state index contributed by atoms with van der Waals surface area (Å²) >= 11 is 6.02. The number of ether oxygens (including phenoxy) is 1. The van der Waals surface area contributed by atoms with Gasteiger partial charge in [0.25, 0.3) is 0 Å². The molecule has 1 fully saturated rings. The van der Waals surface area contributed by atoms with Crippen LogP contribution in [0.2, 0.25) is 0 Å². The molecule has 2 heteroatoms. The highest BCUT2D eigenvalue weighted by Gasteiger charge is 2.21. The lowest BCUT2D eigenvalue weighted by Crippen LogP contribution is -2.00. The molecule has 1 saturated carbocycles. The number of hydrogen-bond acceptors (Lipinski definition) is 1. The van der Waals surface area contributed by atoms with Gasteiger partial charge in [-0.15, -0.1) is 0 Å². The second-order valence-corrected chi connectivity index (χ2v) is 3.94. The summed E-state index contributed by atoms with van der Waals surface area (Å²) in [5.74, 6) is 0. The molecular weight excluding hydrogens is 184 g/mol. The maximum Gasteiger partial charge on any atom is 0.0577 e. The average molecular weight is 198 g/mol. The summed E-state index contributed by atoms with van der Waals surface area (Å²) in [7, 11) is 0. The summed E-state index contributed by atoms with van der Waals surface area (Å²) in [6, 6.07) is 0. The molecule has 0 amide bonds. The molecule has 0 aliphatic heterocycles. The third-order valence-corrected chi connectivity index (χ3v) is 2.69. The Morgan fingerprint density at radius 3 is 3.00 bits per heavy atom. The van der Waals surface area contributed by atoms with E-state index in [1.165, 1.54) is 18.4 Å². The van der Waals surface area contributed by atoms with Gasteiger partial charge in [0.2, 0.25) is 0 Å². The summed E-state index contributed by atoms with van der Waals surface area (Å²) in [6.07, 6.45) is 11.3. The molecule has 1 nitrogen and oxygen atoms in total. The first-order valence-corrected chi connectivity index (χ1v) is 5.24. The summed E-state index contributed by atoms with van der Waals surface area (Å²) in [5, 5.41) is 0.880. The molecule has 71 valence electrons. The molecule has 1 radical (unpaired) electrons. The quantitative estimate of drug-likeness (QED) is 0.673. The van der Waals surface area contributed by atoms with Crippen LogP contribution in [0.1, 0.15) is 25.7 Å². The Labute approximate surface area is 84.4 Å². The molecule has 13 heavy (non-hydrogen) atoms. The van der Waals surface area contributed by atoms with E-state index < -0.39 is 0 Å². The molecule has 0 spiro atoms. The predicted octanol–water partition coefficient (Wildman–Crippen LogP) is 3.21. The van der Waals surface area contributed by atoms with Crippen molar-refractivity contribution in [1.82, 2.24) is 0 Å². The number of hydrogen-bond donors (Lipinski definition) is 0.